The molecule has 2 aliphatic carbocycles. The second kappa shape index (κ2) is 18.1. The molecule has 2 aliphatic rings. The smallest absolute Gasteiger partial charge is 0.0408 e. The van der Waals surface area contributed by atoms with Crippen molar-refractivity contribution >= 4 is 52.5 Å². The van der Waals surface area contributed by atoms with Crippen molar-refractivity contribution in [3.05, 3.63) is 168 Å². The van der Waals surface area contributed by atoms with E-state index >= 15 is 0 Å². The van der Waals surface area contributed by atoms with E-state index in [-0.39, 0.29) is 30.2 Å². The van der Waals surface area contributed by atoms with Crippen molar-refractivity contribution in [3.8, 4) is 0 Å². The topological polar surface area (TPSA) is 0 Å². The molecule has 0 unspecified atom stereocenters. The van der Waals surface area contributed by atoms with Gasteiger partial charge in [-0.25, -0.2) is 12.2 Å². The molecule has 0 heterocycles. The van der Waals surface area contributed by atoms with Crippen LogP contribution in [0.2, 0.25) is 13.1 Å². The van der Waals surface area contributed by atoms with Crippen LogP contribution in [0.3, 0.4) is 0 Å². The molecular weight excluding hydrogens is 623 g/mol. The first-order valence-corrected chi connectivity index (χ1v) is 19.1. The number of halogens is 2. The first kappa shape index (κ1) is 33.7. The molecule has 0 bridgehead atoms. The molecule has 0 N–H and O–H groups in total. The minimum Gasteiger partial charge on any atom is -0.272 e. The molecule has 0 spiro atoms. The van der Waals surface area contributed by atoms with Crippen molar-refractivity contribution in [1.82, 2.24) is 0 Å². The van der Waals surface area contributed by atoms with Crippen molar-refractivity contribution in [3.63, 3.8) is 0 Å². The Morgan fingerprint density at radius 3 is 1.00 bits per heavy atom. The minimum absolute atomic E-state index is 0. The Morgan fingerprint density at radius 1 is 0.475 bits per heavy atom. The van der Waals surface area contributed by atoms with E-state index in [1.54, 1.807) is 23.3 Å². The van der Waals surface area contributed by atoms with Crippen LogP contribution in [0.15, 0.2) is 133 Å². The van der Waals surface area contributed by atoms with Crippen LogP contribution in [-0.2, 0) is 23.3 Å². The summed E-state index contributed by atoms with van der Waals surface area (Å²) in [5.74, 6) is 0. The van der Waals surface area contributed by atoms with Gasteiger partial charge in [-0.3, -0.25) is 12.2 Å². The van der Waals surface area contributed by atoms with Gasteiger partial charge in [0.1, 0.15) is 0 Å². The number of hydrogen-bond acceptors (Lipinski definition) is 0. The maximum absolute atomic E-state index is 3.32. The van der Waals surface area contributed by atoms with Crippen molar-refractivity contribution in [1.29, 1.82) is 0 Å². The Labute approximate surface area is 267 Å². The summed E-state index contributed by atoms with van der Waals surface area (Å²) >= 11 is 1.74. The molecule has 0 aromatic heterocycles. The maximum atomic E-state index is 3.32. The predicted molar refractivity (Wildman–Crippen MR) is 176 cm³/mol. The van der Waals surface area contributed by atoms with Crippen molar-refractivity contribution in [2.75, 3.05) is 0 Å². The van der Waals surface area contributed by atoms with Gasteiger partial charge in [0.05, 0.1) is 0 Å². The van der Waals surface area contributed by atoms with Crippen LogP contribution in [-0.4, -0.2) is 5.43 Å². The summed E-state index contributed by atoms with van der Waals surface area (Å²) in [6, 6.07) is 42.2. The van der Waals surface area contributed by atoms with Gasteiger partial charge in [0.15, 0.2) is 0 Å². The summed E-state index contributed by atoms with van der Waals surface area (Å²) in [4.78, 5) is 0. The second-order valence-corrected chi connectivity index (χ2v) is 18.7. The van der Waals surface area contributed by atoms with E-state index in [2.05, 4.69) is 159 Å². The number of benzene rings is 4. The van der Waals surface area contributed by atoms with E-state index in [1.165, 1.54) is 44.5 Å². The standard InChI is InChI=1S/2C17H13.C2H6Si.2ClH.Zr/c2*1-3-8-14(9-4-1)16-12-7-13-17(16)15-10-5-2-6-11-15;1-3-2;;;/h2*1-6,8-12H,13H2;1-2H3;2*1H;/q2*-1;;;;+2. The van der Waals surface area contributed by atoms with Gasteiger partial charge in [-0.05, 0) is 11.1 Å². The summed E-state index contributed by atoms with van der Waals surface area (Å²) in [6.45, 7) is 4.62. The monoisotopic (exact) mass is 654 g/mol. The fourth-order valence-corrected chi connectivity index (χ4v) is 4.42. The largest absolute Gasteiger partial charge is 0.272 e. The van der Waals surface area contributed by atoms with Crippen LogP contribution >= 0.6 is 24.8 Å². The normalized spacial score (nSPS) is 12.9. The molecule has 0 saturated carbocycles. The van der Waals surface area contributed by atoms with Crippen LogP contribution < -0.4 is 0 Å². The Kier molecular flexibility index (Phi) is 15.2. The molecule has 6 rings (SSSR count). The molecule has 4 aromatic carbocycles. The quantitative estimate of drug-likeness (QED) is 0.152. The van der Waals surface area contributed by atoms with Crippen LogP contribution in [0.5, 0.6) is 0 Å². The molecular formula is C36H34Cl2SiZr. The summed E-state index contributed by atoms with van der Waals surface area (Å²) in [5.41, 5.74) is 10.7. The Balaban J connectivity index is 0.000000237. The zero-order chi connectivity index (χ0) is 26.6. The maximum Gasteiger partial charge on any atom is -0.0408 e. The van der Waals surface area contributed by atoms with Gasteiger partial charge in [-0.2, -0.15) is 11.1 Å². The van der Waals surface area contributed by atoms with Crippen LogP contribution in [0.1, 0.15) is 35.1 Å². The average molecular weight is 657 g/mol. The van der Waals surface area contributed by atoms with Crippen molar-refractivity contribution in [2.24, 2.45) is 0 Å². The van der Waals surface area contributed by atoms with Gasteiger partial charge in [0.2, 0.25) is 0 Å². The zero-order valence-corrected chi connectivity index (χ0v) is 28.0. The molecule has 0 aliphatic heterocycles. The molecule has 0 radical (unpaired) electrons. The first-order chi connectivity index (χ1) is 18.6. The molecule has 0 saturated heterocycles. The molecule has 4 aromatic rings. The summed E-state index contributed by atoms with van der Waals surface area (Å²) < 4.78 is 0. The fourth-order valence-electron chi connectivity index (χ4n) is 4.42. The van der Waals surface area contributed by atoms with E-state index in [0.29, 0.717) is 0 Å². The van der Waals surface area contributed by atoms with Gasteiger partial charge >= 0.3 is 41.9 Å². The number of rotatable bonds is 4. The molecule has 200 valence electrons. The molecule has 40 heavy (non-hydrogen) atoms. The van der Waals surface area contributed by atoms with Crippen molar-refractivity contribution in [2.45, 2.75) is 25.9 Å². The van der Waals surface area contributed by atoms with E-state index < -0.39 is 0 Å². The van der Waals surface area contributed by atoms with Gasteiger partial charge < -0.3 is 0 Å². The number of allylic oxidation sites excluding steroid dienone is 8. The van der Waals surface area contributed by atoms with E-state index in [4.69, 9.17) is 0 Å². The van der Waals surface area contributed by atoms with Crippen molar-refractivity contribution < 1.29 is 23.3 Å². The molecule has 4 heteroatoms. The third-order valence-corrected chi connectivity index (χ3v) is 6.11. The van der Waals surface area contributed by atoms with Crippen LogP contribution in [0.4, 0.5) is 0 Å². The SMILES string of the molecule is C[Si](C)=[Zr+2].Cl.Cl.[C-]1=CC(c2ccccc2)=C(c2ccccc2)C1.[C-]1=CC(c2ccccc2)=C(c2ccccc2)C1. The molecule has 0 fully saturated rings. The van der Waals surface area contributed by atoms with Crippen LogP contribution in [0, 0.1) is 12.2 Å². The third-order valence-electron chi connectivity index (χ3n) is 6.11. The van der Waals surface area contributed by atoms with Crippen LogP contribution in [0.25, 0.3) is 22.3 Å². The average Bonchev–Trinajstić information content (AvgIpc) is 3.66. The summed E-state index contributed by atoms with van der Waals surface area (Å²) in [6.07, 6.45) is 12.7. The van der Waals surface area contributed by atoms with Gasteiger partial charge in [-0.15, -0.1) is 59.9 Å². The first-order valence-electron chi connectivity index (χ1n) is 13.0. The van der Waals surface area contributed by atoms with Gasteiger partial charge in [0, 0.05) is 0 Å². The minimum atomic E-state index is 0. The predicted octanol–water partition coefficient (Wildman–Crippen LogP) is 10.3. The number of hydrogen-bond donors (Lipinski definition) is 0. The fraction of sp³-hybridized carbons (Fsp3) is 0.111. The van der Waals surface area contributed by atoms with Gasteiger partial charge in [0.25, 0.3) is 0 Å². The van der Waals surface area contributed by atoms with E-state index in [1.807, 2.05) is 0 Å². The molecule has 0 atom stereocenters. The second-order valence-electron chi connectivity index (χ2n) is 9.30. The van der Waals surface area contributed by atoms with E-state index in [9.17, 15) is 0 Å². The molecule has 0 amide bonds. The molecule has 0 nitrogen and oxygen atoms in total. The Morgan fingerprint density at radius 2 is 0.725 bits per heavy atom. The Bertz CT molecular complexity index is 1340. The van der Waals surface area contributed by atoms with Gasteiger partial charge in [-0.1, -0.05) is 121 Å². The van der Waals surface area contributed by atoms with E-state index in [0.717, 1.165) is 12.8 Å². The third kappa shape index (κ3) is 9.86. The summed E-state index contributed by atoms with van der Waals surface area (Å²) in [7, 11) is 0. The summed E-state index contributed by atoms with van der Waals surface area (Å²) in [5, 5.41) is 0. The zero-order valence-electron chi connectivity index (χ0n) is 22.9. The Hall–Kier alpha value is -2.48.